The summed E-state index contributed by atoms with van der Waals surface area (Å²) in [5, 5.41) is 0.678. The molecule has 0 aliphatic carbocycles. The number of benzene rings is 2. The van der Waals surface area contributed by atoms with Gasteiger partial charge in [-0.15, -0.1) is 0 Å². The van der Waals surface area contributed by atoms with E-state index in [9.17, 15) is 0 Å². The van der Waals surface area contributed by atoms with Crippen molar-refractivity contribution in [1.82, 2.24) is 0 Å². The van der Waals surface area contributed by atoms with Crippen LogP contribution in [0.4, 0.5) is 5.69 Å². The van der Waals surface area contributed by atoms with Crippen molar-refractivity contribution < 1.29 is 4.74 Å². The normalized spacial score (nSPS) is 10.8. The Hall–Kier alpha value is -1.67. The summed E-state index contributed by atoms with van der Waals surface area (Å²) >= 11 is 6.15. The summed E-state index contributed by atoms with van der Waals surface area (Å²) in [7, 11) is 0. The Balaban J connectivity index is 2.18. The highest BCUT2D eigenvalue weighted by Crippen LogP contribution is 2.26. The first-order valence-corrected chi connectivity index (χ1v) is 7.12. The quantitative estimate of drug-likeness (QED) is 0.810. The zero-order valence-corrected chi connectivity index (χ0v) is 12.9. The number of halogens is 1. The maximum Gasteiger partial charge on any atom is 0.123 e. The molecular weight excluding hydrogens is 270 g/mol. The van der Waals surface area contributed by atoms with Gasteiger partial charge in [0, 0.05) is 16.3 Å². The SMILES string of the molecule is Cc1ccc(C(C)C)cc1OCc1cc(N)ccc1Cl. The molecule has 0 saturated heterocycles. The number of rotatable bonds is 4. The molecule has 2 aromatic carbocycles. The van der Waals surface area contributed by atoms with E-state index in [1.54, 1.807) is 12.1 Å². The van der Waals surface area contributed by atoms with Crippen molar-refractivity contribution in [3.05, 3.63) is 58.1 Å². The van der Waals surface area contributed by atoms with Gasteiger partial charge in [-0.1, -0.05) is 37.6 Å². The van der Waals surface area contributed by atoms with Crippen molar-refractivity contribution in [2.45, 2.75) is 33.3 Å². The number of nitrogen functional groups attached to an aromatic ring is 1. The summed E-state index contributed by atoms with van der Waals surface area (Å²) in [6.45, 7) is 6.80. The Kier molecular flexibility index (Phi) is 4.56. The minimum Gasteiger partial charge on any atom is -0.489 e. The predicted octanol–water partition coefficient (Wildman–Crippen LogP) is 4.93. The maximum atomic E-state index is 6.15. The lowest BCUT2D eigenvalue weighted by Gasteiger charge is -2.13. The number of hydrogen-bond acceptors (Lipinski definition) is 2. The van der Waals surface area contributed by atoms with Crippen LogP contribution in [0.1, 0.15) is 36.5 Å². The molecule has 3 heteroatoms. The highest BCUT2D eigenvalue weighted by Gasteiger charge is 2.07. The van der Waals surface area contributed by atoms with Crippen LogP contribution in [0.2, 0.25) is 5.02 Å². The van der Waals surface area contributed by atoms with E-state index in [-0.39, 0.29) is 0 Å². The van der Waals surface area contributed by atoms with Crippen LogP contribution in [0.5, 0.6) is 5.75 Å². The van der Waals surface area contributed by atoms with E-state index in [2.05, 4.69) is 32.0 Å². The van der Waals surface area contributed by atoms with Crippen molar-refractivity contribution in [3.63, 3.8) is 0 Å². The van der Waals surface area contributed by atoms with Crippen molar-refractivity contribution in [3.8, 4) is 5.75 Å². The van der Waals surface area contributed by atoms with Gasteiger partial charge in [-0.2, -0.15) is 0 Å². The van der Waals surface area contributed by atoms with Gasteiger partial charge in [0.15, 0.2) is 0 Å². The average molecular weight is 290 g/mol. The molecule has 0 saturated carbocycles. The molecule has 2 nitrogen and oxygen atoms in total. The highest BCUT2D eigenvalue weighted by molar-refractivity contribution is 6.31. The molecule has 0 fully saturated rings. The van der Waals surface area contributed by atoms with Gasteiger partial charge in [0.2, 0.25) is 0 Å². The van der Waals surface area contributed by atoms with Crippen LogP contribution in [-0.2, 0) is 6.61 Å². The first kappa shape index (κ1) is 14.7. The van der Waals surface area contributed by atoms with Gasteiger partial charge in [0.25, 0.3) is 0 Å². The third-order valence-electron chi connectivity index (χ3n) is 3.33. The molecule has 0 heterocycles. The monoisotopic (exact) mass is 289 g/mol. The molecule has 0 bridgehead atoms. The number of hydrogen-bond donors (Lipinski definition) is 1. The van der Waals surface area contributed by atoms with Crippen LogP contribution in [0.3, 0.4) is 0 Å². The molecule has 0 atom stereocenters. The van der Waals surface area contributed by atoms with E-state index in [0.29, 0.717) is 23.2 Å². The molecule has 106 valence electrons. The molecule has 0 unspecified atom stereocenters. The van der Waals surface area contributed by atoms with Crippen LogP contribution in [0.15, 0.2) is 36.4 Å². The second-order valence-corrected chi connectivity index (χ2v) is 5.73. The summed E-state index contributed by atoms with van der Waals surface area (Å²) in [6, 6.07) is 11.8. The van der Waals surface area contributed by atoms with Crippen LogP contribution >= 0.6 is 11.6 Å². The number of nitrogens with two attached hydrogens (primary N) is 1. The summed E-state index contributed by atoms with van der Waals surface area (Å²) in [5.41, 5.74) is 9.76. The molecule has 0 aliphatic rings. The third kappa shape index (κ3) is 3.45. The van der Waals surface area contributed by atoms with Crippen molar-refractivity contribution in [2.75, 3.05) is 5.73 Å². The van der Waals surface area contributed by atoms with Crippen molar-refractivity contribution >= 4 is 17.3 Å². The Morgan fingerprint density at radius 3 is 2.60 bits per heavy atom. The van der Waals surface area contributed by atoms with E-state index in [0.717, 1.165) is 16.9 Å². The smallest absolute Gasteiger partial charge is 0.123 e. The Morgan fingerprint density at radius 2 is 1.90 bits per heavy atom. The number of anilines is 1. The molecule has 20 heavy (non-hydrogen) atoms. The summed E-state index contributed by atoms with van der Waals surface area (Å²) in [5.74, 6) is 1.38. The van der Waals surface area contributed by atoms with Crippen LogP contribution < -0.4 is 10.5 Å². The van der Waals surface area contributed by atoms with Crippen molar-refractivity contribution in [2.24, 2.45) is 0 Å². The predicted molar refractivity (Wildman–Crippen MR) is 85.5 cm³/mol. The van der Waals surface area contributed by atoms with Crippen LogP contribution in [0.25, 0.3) is 0 Å². The topological polar surface area (TPSA) is 35.2 Å². The molecular formula is C17H20ClNO. The van der Waals surface area contributed by atoms with Gasteiger partial charge in [0.1, 0.15) is 12.4 Å². The molecule has 0 aliphatic heterocycles. The van der Waals surface area contributed by atoms with E-state index in [1.165, 1.54) is 5.56 Å². The lowest BCUT2D eigenvalue weighted by atomic mass is 10.0. The molecule has 2 aromatic rings. The summed E-state index contributed by atoms with van der Waals surface area (Å²) in [4.78, 5) is 0. The Morgan fingerprint density at radius 1 is 1.15 bits per heavy atom. The lowest BCUT2D eigenvalue weighted by molar-refractivity contribution is 0.304. The van der Waals surface area contributed by atoms with Crippen LogP contribution in [0, 0.1) is 6.92 Å². The van der Waals surface area contributed by atoms with E-state index < -0.39 is 0 Å². The largest absolute Gasteiger partial charge is 0.489 e. The number of ether oxygens (including phenoxy) is 1. The zero-order valence-electron chi connectivity index (χ0n) is 12.1. The van der Waals surface area contributed by atoms with Gasteiger partial charge >= 0.3 is 0 Å². The van der Waals surface area contributed by atoms with Crippen molar-refractivity contribution in [1.29, 1.82) is 0 Å². The minimum atomic E-state index is 0.423. The standard InChI is InChI=1S/C17H20ClNO/c1-11(2)13-5-4-12(3)17(9-13)20-10-14-8-15(19)6-7-16(14)18/h4-9,11H,10,19H2,1-3H3. The molecule has 2 N–H and O–H groups in total. The second-order valence-electron chi connectivity index (χ2n) is 5.32. The first-order valence-electron chi connectivity index (χ1n) is 6.74. The Labute approximate surface area is 125 Å². The lowest BCUT2D eigenvalue weighted by Crippen LogP contribution is -2.00. The van der Waals surface area contributed by atoms with Gasteiger partial charge in [-0.3, -0.25) is 0 Å². The minimum absolute atomic E-state index is 0.423. The van der Waals surface area contributed by atoms with E-state index in [1.807, 2.05) is 13.0 Å². The summed E-state index contributed by atoms with van der Waals surface area (Å²) in [6.07, 6.45) is 0. The van der Waals surface area contributed by atoms with Gasteiger partial charge < -0.3 is 10.5 Å². The first-order chi connectivity index (χ1) is 9.47. The highest BCUT2D eigenvalue weighted by atomic mass is 35.5. The Bertz CT molecular complexity index is 608. The fourth-order valence-electron chi connectivity index (χ4n) is 1.99. The zero-order chi connectivity index (χ0) is 14.7. The summed E-state index contributed by atoms with van der Waals surface area (Å²) < 4.78 is 5.91. The molecule has 0 radical (unpaired) electrons. The number of aryl methyl sites for hydroxylation is 1. The second kappa shape index (κ2) is 6.19. The van der Waals surface area contributed by atoms with E-state index >= 15 is 0 Å². The van der Waals surface area contributed by atoms with Crippen LogP contribution in [-0.4, -0.2) is 0 Å². The van der Waals surface area contributed by atoms with Gasteiger partial charge in [0.05, 0.1) is 0 Å². The average Bonchev–Trinajstić information content (AvgIpc) is 2.41. The maximum absolute atomic E-state index is 6.15. The van der Waals surface area contributed by atoms with Gasteiger partial charge in [-0.25, -0.2) is 0 Å². The molecule has 0 amide bonds. The fourth-order valence-corrected chi connectivity index (χ4v) is 2.16. The molecule has 2 rings (SSSR count). The van der Waals surface area contributed by atoms with Gasteiger partial charge in [-0.05, 0) is 48.2 Å². The molecule has 0 aromatic heterocycles. The van der Waals surface area contributed by atoms with E-state index in [4.69, 9.17) is 22.1 Å². The fraction of sp³-hybridized carbons (Fsp3) is 0.294. The third-order valence-corrected chi connectivity index (χ3v) is 3.70. The molecule has 0 spiro atoms.